The third-order valence-electron chi connectivity index (χ3n) is 4.10. The largest absolute Gasteiger partial charge is 0.396 e. The molecular formula is C16H28N4O. The summed E-state index contributed by atoms with van der Waals surface area (Å²) in [5, 5.41) is 12.6. The highest BCUT2D eigenvalue weighted by Crippen LogP contribution is 2.16. The first-order chi connectivity index (χ1) is 10.2. The topological polar surface area (TPSA) is 61.3 Å². The van der Waals surface area contributed by atoms with Crippen molar-refractivity contribution in [3.8, 4) is 0 Å². The van der Waals surface area contributed by atoms with Crippen molar-refractivity contribution in [2.24, 2.45) is 5.92 Å². The average Bonchev–Trinajstić information content (AvgIpc) is 2.52. The van der Waals surface area contributed by atoms with E-state index in [1.165, 1.54) is 19.4 Å². The molecule has 1 fully saturated rings. The Labute approximate surface area is 127 Å². The molecule has 0 saturated carbocycles. The van der Waals surface area contributed by atoms with E-state index >= 15 is 0 Å². The number of hydrogen-bond acceptors (Lipinski definition) is 5. The quantitative estimate of drug-likeness (QED) is 0.754. The Bertz CT molecular complexity index is 424. The van der Waals surface area contributed by atoms with Crippen molar-refractivity contribution in [1.82, 2.24) is 14.9 Å². The number of aliphatic hydroxyl groups excluding tert-OH is 1. The van der Waals surface area contributed by atoms with Gasteiger partial charge < -0.3 is 15.3 Å². The summed E-state index contributed by atoms with van der Waals surface area (Å²) >= 11 is 0. The molecule has 0 bridgehead atoms. The summed E-state index contributed by atoms with van der Waals surface area (Å²) in [6.07, 6.45) is 5.11. The summed E-state index contributed by atoms with van der Waals surface area (Å²) in [4.78, 5) is 11.0. The second-order valence-electron chi connectivity index (χ2n) is 6.25. The standard InChI is InChI=1S/C16H28N4O/c1-13(2)15-9-16(19-12-18-15)17-6-4-8-20-7-3-5-14(10-20)11-21/h9,12-14,21H,3-8,10-11H2,1-2H3,(H,17,18,19)/t14-/m0/s1. The molecule has 1 atom stereocenters. The van der Waals surface area contributed by atoms with Crippen LogP contribution in [0.5, 0.6) is 0 Å². The molecule has 2 rings (SSSR count). The van der Waals surface area contributed by atoms with Crippen LogP contribution in [0.4, 0.5) is 5.82 Å². The van der Waals surface area contributed by atoms with Gasteiger partial charge in [0.05, 0.1) is 0 Å². The minimum Gasteiger partial charge on any atom is -0.396 e. The molecule has 1 aliphatic heterocycles. The van der Waals surface area contributed by atoms with E-state index in [1.807, 2.05) is 6.07 Å². The Morgan fingerprint density at radius 1 is 1.43 bits per heavy atom. The van der Waals surface area contributed by atoms with E-state index in [0.717, 1.165) is 37.6 Å². The lowest BCUT2D eigenvalue weighted by Crippen LogP contribution is -2.37. The Morgan fingerprint density at radius 2 is 2.29 bits per heavy atom. The van der Waals surface area contributed by atoms with Gasteiger partial charge in [0.25, 0.3) is 0 Å². The highest BCUT2D eigenvalue weighted by molar-refractivity contribution is 5.35. The first kappa shape index (κ1) is 16.2. The number of aliphatic hydroxyl groups is 1. The summed E-state index contributed by atoms with van der Waals surface area (Å²) in [5.41, 5.74) is 1.08. The first-order valence-electron chi connectivity index (χ1n) is 8.08. The summed E-state index contributed by atoms with van der Waals surface area (Å²) in [6, 6.07) is 2.04. The molecule has 1 aromatic heterocycles. The fraction of sp³-hybridized carbons (Fsp3) is 0.750. The van der Waals surface area contributed by atoms with Gasteiger partial charge in [-0.15, -0.1) is 0 Å². The number of anilines is 1. The highest BCUT2D eigenvalue weighted by atomic mass is 16.3. The van der Waals surface area contributed by atoms with E-state index in [2.05, 4.69) is 34.0 Å². The van der Waals surface area contributed by atoms with Crippen molar-refractivity contribution >= 4 is 5.82 Å². The summed E-state index contributed by atoms with van der Waals surface area (Å²) in [5.74, 6) is 1.82. The molecule has 1 aliphatic rings. The second-order valence-corrected chi connectivity index (χ2v) is 6.25. The van der Waals surface area contributed by atoms with Crippen LogP contribution in [-0.2, 0) is 0 Å². The van der Waals surface area contributed by atoms with E-state index in [9.17, 15) is 5.11 Å². The molecule has 0 radical (unpaired) electrons. The van der Waals surface area contributed by atoms with Crippen LogP contribution in [-0.4, -0.2) is 52.8 Å². The van der Waals surface area contributed by atoms with Crippen molar-refractivity contribution < 1.29 is 5.11 Å². The summed E-state index contributed by atoms with van der Waals surface area (Å²) < 4.78 is 0. The van der Waals surface area contributed by atoms with Gasteiger partial charge in [-0.2, -0.15) is 0 Å². The predicted octanol–water partition coefficient (Wildman–Crippen LogP) is 2.11. The zero-order chi connectivity index (χ0) is 15.1. The second kappa shape index (κ2) is 8.29. The van der Waals surface area contributed by atoms with Gasteiger partial charge in [0, 0.05) is 31.5 Å². The maximum atomic E-state index is 9.25. The zero-order valence-corrected chi connectivity index (χ0v) is 13.3. The van der Waals surface area contributed by atoms with Crippen LogP contribution in [0.3, 0.4) is 0 Å². The zero-order valence-electron chi connectivity index (χ0n) is 13.3. The molecule has 2 heterocycles. The van der Waals surface area contributed by atoms with E-state index < -0.39 is 0 Å². The molecule has 0 amide bonds. The van der Waals surface area contributed by atoms with E-state index in [4.69, 9.17) is 0 Å². The minimum absolute atomic E-state index is 0.327. The smallest absolute Gasteiger partial charge is 0.129 e. The number of nitrogens with zero attached hydrogens (tertiary/aromatic N) is 3. The van der Waals surface area contributed by atoms with Gasteiger partial charge in [0.15, 0.2) is 0 Å². The van der Waals surface area contributed by atoms with Crippen LogP contribution in [0, 0.1) is 5.92 Å². The molecule has 1 saturated heterocycles. The third kappa shape index (κ3) is 5.25. The minimum atomic E-state index is 0.327. The van der Waals surface area contributed by atoms with E-state index in [1.54, 1.807) is 6.33 Å². The molecule has 0 unspecified atom stereocenters. The Hall–Kier alpha value is -1.20. The number of likely N-dealkylation sites (tertiary alicyclic amines) is 1. The maximum Gasteiger partial charge on any atom is 0.129 e. The van der Waals surface area contributed by atoms with E-state index in [0.29, 0.717) is 18.4 Å². The summed E-state index contributed by atoms with van der Waals surface area (Å²) in [7, 11) is 0. The normalized spacial score (nSPS) is 19.9. The lowest BCUT2D eigenvalue weighted by atomic mass is 9.99. The number of hydrogen-bond donors (Lipinski definition) is 2. The van der Waals surface area contributed by atoms with Gasteiger partial charge in [0.2, 0.25) is 0 Å². The number of aromatic nitrogens is 2. The van der Waals surface area contributed by atoms with Crippen LogP contribution in [0.25, 0.3) is 0 Å². The Balaban J connectivity index is 1.68. The first-order valence-corrected chi connectivity index (χ1v) is 8.08. The van der Waals surface area contributed by atoms with Gasteiger partial charge in [0.1, 0.15) is 12.1 Å². The molecular weight excluding hydrogens is 264 g/mol. The molecule has 1 aromatic rings. The van der Waals surface area contributed by atoms with Crippen molar-refractivity contribution in [2.75, 3.05) is 38.1 Å². The lowest BCUT2D eigenvalue weighted by molar-refractivity contribution is 0.120. The average molecular weight is 292 g/mol. The third-order valence-corrected chi connectivity index (χ3v) is 4.10. The van der Waals surface area contributed by atoms with Gasteiger partial charge in [-0.1, -0.05) is 13.8 Å². The predicted molar refractivity (Wildman–Crippen MR) is 85.5 cm³/mol. The summed E-state index contributed by atoms with van der Waals surface area (Å²) in [6.45, 7) is 8.83. The van der Waals surface area contributed by atoms with Crippen molar-refractivity contribution in [1.29, 1.82) is 0 Å². The number of rotatable bonds is 7. The van der Waals surface area contributed by atoms with Crippen LogP contribution >= 0.6 is 0 Å². The van der Waals surface area contributed by atoms with Crippen molar-refractivity contribution in [3.05, 3.63) is 18.1 Å². The lowest BCUT2D eigenvalue weighted by Gasteiger charge is -2.31. The van der Waals surface area contributed by atoms with Crippen LogP contribution in [0.2, 0.25) is 0 Å². The molecule has 2 N–H and O–H groups in total. The molecule has 21 heavy (non-hydrogen) atoms. The van der Waals surface area contributed by atoms with Crippen LogP contribution in [0.1, 0.15) is 44.7 Å². The van der Waals surface area contributed by atoms with Crippen molar-refractivity contribution in [2.45, 2.75) is 39.0 Å². The van der Waals surface area contributed by atoms with Gasteiger partial charge in [-0.25, -0.2) is 9.97 Å². The van der Waals surface area contributed by atoms with Gasteiger partial charge >= 0.3 is 0 Å². The SMILES string of the molecule is CC(C)c1cc(NCCCN2CCC[C@H](CO)C2)ncn1. The Kier molecular flexibility index (Phi) is 6.39. The van der Waals surface area contributed by atoms with Gasteiger partial charge in [-0.3, -0.25) is 0 Å². The monoisotopic (exact) mass is 292 g/mol. The van der Waals surface area contributed by atoms with Crippen LogP contribution < -0.4 is 5.32 Å². The maximum absolute atomic E-state index is 9.25. The fourth-order valence-corrected chi connectivity index (χ4v) is 2.81. The molecule has 0 spiro atoms. The van der Waals surface area contributed by atoms with Crippen LogP contribution in [0.15, 0.2) is 12.4 Å². The molecule has 118 valence electrons. The van der Waals surface area contributed by atoms with Crippen molar-refractivity contribution in [3.63, 3.8) is 0 Å². The number of piperidine rings is 1. The molecule has 0 aromatic carbocycles. The number of nitrogens with one attached hydrogen (secondary N) is 1. The molecule has 0 aliphatic carbocycles. The fourth-order valence-electron chi connectivity index (χ4n) is 2.81. The highest BCUT2D eigenvalue weighted by Gasteiger charge is 2.18. The molecule has 5 nitrogen and oxygen atoms in total. The van der Waals surface area contributed by atoms with Gasteiger partial charge in [-0.05, 0) is 44.2 Å². The Morgan fingerprint density at radius 3 is 3.05 bits per heavy atom. The molecule has 5 heteroatoms. The van der Waals surface area contributed by atoms with E-state index in [-0.39, 0.29) is 0 Å².